The van der Waals surface area contributed by atoms with E-state index in [1.165, 1.54) is 0 Å². The van der Waals surface area contributed by atoms with Gasteiger partial charge >= 0.3 is 0 Å². The molecule has 1 fully saturated rings. The predicted molar refractivity (Wildman–Crippen MR) is 117 cm³/mol. The summed E-state index contributed by atoms with van der Waals surface area (Å²) in [5.41, 5.74) is 1.07. The third kappa shape index (κ3) is 6.53. The van der Waals surface area contributed by atoms with Crippen molar-refractivity contribution in [3.8, 4) is 5.75 Å². The molecule has 174 valence electrons. The lowest BCUT2D eigenvalue weighted by molar-refractivity contribution is -0.138. The smallest absolute Gasteiger partial charge is 0.252 e. The molecule has 2 aromatic rings. The van der Waals surface area contributed by atoms with E-state index in [-0.39, 0.29) is 24.5 Å². The molecule has 0 radical (unpaired) electrons. The van der Waals surface area contributed by atoms with Crippen LogP contribution < -0.4 is 4.74 Å². The van der Waals surface area contributed by atoms with E-state index in [1.54, 1.807) is 21.1 Å². The first-order valence-corrected chi connectivity index (χ1v) is 11.0. The third-order valence-electron chi connectivity index (χ3n) is 5.71. The second-order valence-corrected chi connectivity index (χ2v) is 7.99. The average molecular weight is 445 g/mol. The zero-order chi connectivity index (χ0) is 22.9. The van der Waals surface area contributed by atoms with Gasteiger partial charge in [-0.3, -0.25) is 9.59 Å². The molecule has 2 heterocycles. The maximum absolute atomic E-state index is 12.9. The zero-order valence-electron chi connectivity index (χ0n) is 19.1. The van der Waals surface area contributed by atoms with Crippen LogP contribution in [0.4, 0.5) is 0 Å². The van der Waals surface area contributed by atoms with Crippen molar-refractivity contribution in [1.82, 2.24) is 19.9 Å². The summed E-state index contributed by atoms with van der Waals surface area (Å²) in [6.07, 6.45) is 3.34. The normalized spacial score (nSPS) is 16.1. The van der Waals surface area contributed by atoms with Crippen molar-refractivity contribution in [2.24, 2.45) is 0 Å². The van der Waals surface area contributed by atoms with Crippen molar-refractivity contribution in [3.63, 3.8) is 0 Å². The Bertz CT molecular complexity index is 900. The topological polar surface area (TPSA) is 98.0 Å². The molecule has 0 bridgehead atoms. The molecule has 0 saturated carbocycles. The van der Waals surface area contributed by atoms with E-state index in [1.807, 2.05) is 34.1 Å². The van der Waals surface area contributed by atoms with Crippen molar-refractivity contribution in [2.75, 3.05) is 33.9 Å². The van der Waals surface area contributed by atoms with Gasteiger partial charge in [0.05, 0.1) is 7.11 Å². The van der Waals surface area contributed by atoms with Crippen molar-refractivity contribution < 1.29 is 23.6 Å². The summed E-state index contributed by atoms with van der Waals surface area (Å²) in [6, 6.07) is 7.78. The van der Waals surface area contributed by atoms with Gasteiger partial charge in [0.2, 0.25) is 11.8 Å². The Morgan fingerprint density at radius 2 is 2.12 bits per heavy atom. The number of methoxy groups -OCH3 is 2. The molecule has 9 nitrogen and oxygen atoms in total. The quantitative estimate of drug-likeness (QED) is 0.554. The van der Waals surface area contributed by atoms with Gasteiger partial charge in [-0.2, -0.15) is 4.98 Å². The minimum absolute atomic E-state index is 0.00707. The molecular formula is C23H32N4O5. The van der Waals surface area contributed by atoms with Gasteiger partial charge in [-0.1, -0.05) is 17.3 Å². The van der Waals surface area contributed by atoms with Gasteiger partial charge in [0.25, 0.3) is 5.89 Å². The van der Waals surface area contributed by atoms with Gasteiger partial charge in [0.15, 0.2) is 5.82 Å². The van der Waals surface area contributed by atoms with Crippen LogP contribution in [0.3, 0.4) is 0 Å². The molecule has 0 N–H and O–H groups in total. The molecule has 1 saturated heterocycles. The Kier molecular flexibility index (Phi) is 8.61. The van der Waals surface area contributed by atoms with Crippen LogP contribution in [0.2, 0.25) is 0 Å². The monoisotopic (exact) mass is 444 g/mol. The Balaban J connectivity index is 1.54. The van der Waals surface area contributed by atoms with Gasteiger partial charge in [0.1, 0.15) is 12.4 Å². The molecule has 32 heavy (non-hydrogen) atoms. The summed E-state index contributed by atoms with van der Waals surface area (Å²) in [4.78, 5) is 33.2. The molecule has 1 aromatic carbocycles. The van der Waals surface area contributed by atoms with Crippen LogP contribution >= 0.6 is 0 Å². The highest BCUT2D eigenvalue weighted by atomic mass is 16.5. The fraction of sp³-hybridized carbons (Fsp3) is 0.565. The number of carbonyl (C=O) groups is 2. The van der Waals surface area contributed by atoms with Crippen LogP contribution in [0, 0.1) is 0 Å². The summed E-state index contributed by atoms with van der Waals surface area (Å²) in [5.74, 6) is 1.86. The van der Waals surface area contributed by atoms with Crippen LogP contribution in [0.5, 0.6) is 5.75 Å². The number of aromatic nitrogens is 2. The fourth-order valence-corrected chi connectivity index (χ4v) is 4.06. The third-order valence-corrected chi connectivity index (χ3v) is 5.71. The van der Waals surface area contributed by atoms with Gasteiger partial charge in [0, 0.05) is 52.6 Å². The number of hydrogen-bond donors (Lipinski definition) is 0. The van der Waals surface area contributed by atoms with Crippen molar-refractivity contribution >= 4 is 11.8 Å². The molecule has 1 aliphatic rings. The number of aryl methyl sites for hydroxylation is 1. The molecule has 9 heteroatoms. The maximum Gasteiger partial charge on any atom is 0.252 e. The number of benzene rings is 1. The van der Waals surface area contributed by atoms with Crippen molar-refractivity contribution in [2.45, 2.75) is 51.7 Å². The lowest BCUT2D eigenvalue weighted by Gasteiger charge is -2.39. The molecule has 3 rings (SSSR count). The largest absolute Gasteiger partial charge is 0.497 e. The summed E-state index contributed by atoms with van der Waals surface area (Å²) in [6.45, 7) is 3.59. The van der Waals surface area contributed by atoms with Gasteiger partial charge < -0.3 is 23.8 Å². The zero-order valence-corrected chi connectivity index (χ0v) is 19.1. The number of amides is 2. The number of ether oxygens (including phenoxy) is 2. The number of hydrogen-bond acceptors (Lipinski definition) is 7. The number of piperidine rings is 1. The van der Waals surface area contributed by atoms with Crippen molar-refractivity contribution in [1.29, 1.82) is 0 Å². The standard InChI is InChI=1S/C23H32N4O5/c1-17(28)27(13-11-21-24-22(16-30-2)32-25-21)19-7-5-12-26(15-19)23(29)10-9-18-6-4-8-20(14-18)31-3/h4,6,8,14,19H,5,7,9-13,15-16H2,1-3H3. The minimum Gasteiger partial charge on any atom is -0.497 e. The highest BCUT2D eigenvalue weighted by Crippen LogP contribution is 2.19. The molecule has 1 unspecified atom stereocenters. The number of likely N-dealkylation sites (tertiary alicyclic amines) is 1. The first-order valence-electron chi connectivity index (χ1n) is 11.0. The molecule has 0 spiro atoms. The minimum atomic E-state index is -0.0127. The summed E-state index contributed by atoms with van der Waals surface area (Å²) < 4.78 is 15.4. The number of nitrogens with zero attached hydrogens (tertiary/aromatic N) is 4. The highest BCUT2D eigenvalue weighted by molar-refractivity contribution is 5.77. The Morgan fingerprint density at radius 3 is 2.88 bits per heavy atom. The summed E-state index contributed by atoms with van der Waals surface area (Å²) in [7, 11) is 3.20. The van der Waals surface area contributed by atoms with Crippen LogP contribution in [-0.4, -0.2) is 71.7 Å². The second kappa shape index (κ2) is 11.6. The van der Waals surface area contributed by atoms with Crippen LogP contribution in [0.15, 0.2) is 28.8 Å². The predicted octanol–water partition coefficient (Wildman–Crippen LogP) is 2.24. The Labute approximate surface area is 188 Å². The first-order chi connectivity index (χ1) is 15.5. The number of rotatable bonds is 10. The van der Waals surface area contributed by atoms with E-state index in [2.05, 4.69) is 10.1 Å². The Hall–Kier alpha value is -2.94. The Morgan fingerprint density at radius 1 is 1.28 bits per heavy atom. The van der Waals surface area contributed by atoms with Gasteiger partial charge in [-0.05, 0) is 37.0 Å². The van der Waals surface area contributed by atoms with E-state index in [0.717, 1.165) is 30.7 Å². The summed E-state index contributed by atoms with van der Waals surface area (Å²) in [5, 5.41) is 3.94. The van der Waals surface area contributed by atoms with E-state index < -0.39 is 0 Å². The molecule has 1 aromatic heterocycles. The summed E-state index contributed by atoms with van der Waals surface area (Å²) >= 11 is 0. The fourth-order valence-electron chi connectivity index (χ4n) is 4.06. The van der Waals surface area contributed by atoms with Crippen LogP contribution in [0.1, 0.15) is 43.5 Å². The van der Waals surface area contributed by atoms with E-state index >= 15 is 0 Å². The first kappa shape index (κ1) is 23.7. The van der Waals surface area contributed by atoms with Gasteiger partial charge in [-0.15, -0.1) is 0 Å². The van der Waals surface area contributed by atoms with Crippen molar-refractivity contribution in [3.05, 3.63) is 41.5 Å². The lowest BCUT2D eigenvalue weighted by atomic mass is 10.0. The molecule has 1 aliphatic heterocycles. The van der Waals surface area contributed by atoms with E-state index in [4.69, 9.17) is 14.0 Å². The average Bonchev–Trinajstić information content (AvgIpc) is 3.25. The second-order valence-electron chi connectivity index (χ2n) is 7.99. The SMILES string of the molecule is COCc1nc(CCN(C(C)=O)C2CCCN(C(=O)CCc3cccc(OC)c3)C2)no1. The molecule has 2 amide bonds. The number of carbonyl (C=O) groups excluding carboxylic acids is 2. The lowest BCUT2D eigenvalue weighted by Crippen LogP contribution is -2.51. The highest BCUT2D eigenvalue weighted by Gasteiger charge is 2.29. The van der Waals surface area contributed by atoms with Gasteiger partial charge in [-0.25, -0.2) is 0 Å². The van der Waals surface area contributed by atoms with Crippen LogP contribution in [-0.2, 0) is 33.8 Å². The van der Waals surface area contributed by atoms with Crippen LogP contribution in [0.25, 0.3) is 0 Å². The molecule has 1 atom stereocenters. The van der Waals surface area contributed by atoms with E-state index in [9.17, 15) is 9.59 Å². The molecular weight excluding hydrogens is 412 g/mol. The molecule has 0 aliphatic carbocycles. The van der Waals surface area contributed by atoms with E-state index in [0.29, 0.717) is 44.1 Å². The maximum atomic E-state index is 12.9.